The Hall–Kier alpha value is -0.820. The van der Waals surface area contributed by atoms with Crippen LogP contribution in [0.15, 0.2) is 24.3 Å². The SMILES string of the molecule is CC(C)C[C@@H](O)C1Cc2ccccc2C1. The van der Waals surface area contributed by atoms with Crippen LogP contribution in [0.5, 0.6) is 0 Å². The van der Waals surface area contributed by atoms with Crippen LogP contribution in [0.1, 0.15) is 31.4 Å². The van der Waals surface area contributed by atoms with Gasteiger partial charge < -0.3 is 5.11 Å². The molecule has 0 unspecified atom stereocenters. The number of hydrogen-bond acceptors (Lipinski definition) is 1. The Morgan fingerprint density at radius 3 is 2.20 bits per heavy atom. The van der Waals surface area contributed by atoms with Gasteiger partial charge in [0.15, 0.2) is 0 Å². The summed E-state index contributed by atoms with van der Waals surface area (Å²) in [7, 11) is 0. The molecule has 1 heteroatoms. The van der Waals surface area contributed by atoms with E-state index in [0.29, 0.717) is 11.8 Å². The highest BCUT2D eigenvalue weighted by Gasteiger charge is 2.27. The molecule has 0 spiro atoms. The fourth-order valence-electron chi connectivity index (χ4n) is 2.54. The van der Waals surface area contributed by atoms with Gasteiger partial charge in [-0.25, -0.2) is 0 Å². The molecule has 82 valence electrons. The number of hydrogen-bond donors (Lipinski definition) is 1. The number of aliphatic hydroxyl groups excluding tert-OH is 1. The topological polar surface area (TPSA) is 20.2 Å². The molecule has 1 aliphatic carbocycles. The summed E-state index contributed by atoms with van der Waals surface area (Å²) in [4.78, 5) is 0. The molecule has 1 atom stereocenters. The predicted octanol–water partition coefficient (Wildman–Crippen LogP) is 2.81. The minimum atomic E-state index is -0.127. The second kappa shape index (κ2) is 4.36. The van der Waals surface area contributed by atoms with Crippen molar-refractivity contribution < 1.29 is 5.11 Å². The fourth-order valence-corrected chi connectivity index (χ4v) is 2.54. The third-order valence-electron chi connectivity index (χ3n) is 3.34. The zero-order valence-electron chi connectivity index (χ0n) is 9.61. The lowest BCUT2D eigenvalue weighted by Gasteiger charge is -2.19. The van der Waals surface area contributed by atoms with E-state index in [9.17, 15) is 5.11 Å². The number of aliphatic hydroxyl groups is 1. The van der Waals surface area contributed by atoms with Gasteiger partial charge >= 0.3 is 0 Å². The van der Waals surface area contributed by atoms with Gasteiger partial charge in [0.2, 0.25) is 0 Å². The summed E-state index contributed by atoms with van der Waals surface area (Å²) in [6.45, 7) is 4.34. The Morgan fingerprint density at radius 1 is 1.20 bits per heavy atom. The Balaban J connectivity index is 2.00. The van der Waals surface area contributed by atoms with Gasteiger partial charge in [0.05, 0.1) is 6.10 Å². The van der Waals surface area contributed by atoms with Gasteiger partial charge in [0.1, 0.15) is 0 Å². The monoisotopic (exact) mass is 204 g/mol. The number of rotatable bonds is 3. The summed E-state index contributed by atoms with van der Waals surface area (Å²) in [5.74, 6) is 1.04. The van der Waals surface area contributed by atoms with Crippen LogP contribution in [0, 0.1) is 11.8 Å². The summed E-state index contributed by atoms with van der Waals surface area (Å²) in [5, 5.41) is 10.1. The average molecular weight is 204 g/mol. The van der Waals surface area contributed by atoms with Crippen molar-refractivity contribution in [2.75, 3.05) is 0 Å². The molecule has 1 nitrogen and oxygen atoms in total. The second-order valence-electron chi connectivity index (χ2n) is 5.13. The normalized spacial score (nSPS) is 18.1. The summed E-state index contributed by atoms with van der Waals surface area (Å²) < 4.78 is 0. The predicted molar refractivity (Wildman–Crippen MR) is 62.8 cm³/mol. The minimum Gasteiger partial charge on any atom is -0.393 e. The lowest BCUT2D eigenvalue weighted by Crippen LogP contribution is -2.22. The van der Waals surface area contributed by atoms with Crippen molar-refractivity contribution in [1.29, 1.82) is 0 Å². The van der Waals surface area contributed by atoms with Gasteiger partial charge in [-0.2, -0.15) is 0 Å². The molecule has 15 heavy (non-hydrogen) atoms. The molecule has 2 rings (SSSR count). The van der Waals surface area contributed by atoms with Crippen LogP contribution >= 0.6 is 0 Å². The molecule has 0 fully saturated rings. The number of fused-ring (bicyclic) bond motifs is 1. The summed E-state index contributed by atoms with van der Waals surface area (Å²) in [6.07, 6.45) is 2.92. The van der Waals surface area contributed by atoms with E-state index in [1.165, 1.54) is 11.1 Å². The lowest BCUT2D eigenvalue weighted by atomic mass is 9.92. The van der Waals surface area contributed by atoms with Crippen LogP contribution in [0.3, 0.4) is 0 Å². The van der Waals surface area contributed by atoms with Crippen LogP contribution in [0.25, 0.3) is 0 Å². The molecule has 0 saturated heterocycles. The van der Waals surface area contributed by atoms with E-state index in [-0.39, 0.29) is 6.10 Å². The highest BCUT2D eigenvalue weighted by molar-refractivity contribution is 5.32. The van der Waals surface area contributed by atoms with E-state index in [4.69, 9.17) is 0 Å². The maximum absolute atomic E-state index is 10.1. The Morgan fingerprint density at radius 2 is 1.73 bits per heavy atom. The first-order chi connectivity index (χ1) is 7.16. The van der Waals surface area contributed by atoms with Gasteiger partial charge in [-0.3, -0.25) is 0 Å². The van der Waals surface area contributed by atoms with Crippen LogP contribution in [0.2, 0.25) is 0 Å². The maximum atomic E-state index is 10.1. The largest absolute Gasteiger partial charge is 0.393 e. The highest BCUT2D eigenvalue weighted by Crippen LogP contribution is 2.30. The number of benzene rings is 1. The van der Waals surface area contributed by atoms with Crippen molar-refractivity contribution in [2.24, 2.45) is 11.8 Å². The Kier molecular flexibility index (Phi) is 3.11. The first-order valence-corrected chi connectivity index (χ1v) is 5.91. The highest BCUT2D eigenvalue weighted by atomic mass is 16.3. The van der Waals surface area contributed by atoms with Gasteiger partial charge in [0, 0.05) is 0 Å². The molecular weight excluding hydrogens is 184 g/mol. The molecule has 0 amide bonds. The van der Waals surface area contributed by atoms with E-state index in [1.54, 1.807) is 0 Å². The van der Waals surface area contributed by atoms with Crippen LogP contribution in [0.4, 0.5) is 0 Å². The zero-order valence-corrected chi connectivity index (χ0v) is 9.61. The molecule has 1 aromatic carbocycles. The van der Waals surface area contributed by atoms with Crippen molar-refractivity contribution in [3.05, 3.63) is 35.4 Å². The molecule has 0 aromatic heterocycles. The third kappa shape index (κ3) is 2.40. The molecule has 1 N–H and O–H groups in total. The van der Waals surface area contributed by atoms with Crippen LogP contribution in [-0.2, 0) is 12.8 Å². The standard InChI is InChI=1S/C14H20O/c1-10(2)7-14(15)13-8-11-5-3-4-6-12(11)9-13/h3-6,10,13-15H,7-9H2,1-2H3/t14-/m1/s1. The van der Waals surface area contributed by atoms with Crippen molar-refractivity contribution in [2.45, 2.75) is 39.2 Å². The van der Waals surface area contributed by atoms with Crippen LogP contribution < -0.4 is 0 Å². The van der Waals surface area contributed by atoms with Crippen molar-refractivity contribution >= 4 is 0 Å². The summed E-state index contributed by atoms with van der Waals surface area (Å²) in [6, 6.07) is 8.57. The first-order valence-electron chi connectivity index (χ1n) is 5.91. The smallest absolute Gasteiger partial charge is 0.0577 e. The van der Waals surface area contributed by atoms with Crippen molar-refractivity contribution in [1.82, 2.24) is 0 Å². The van der Waals surface area contributed by atoms with Crippen molar-refractivity contribution in [3.8, 4) is 0 Å². The summed E-state index contributed by atoms with van der Waals surface area (Å²) in [5.41, 5.74) is 2.87. The maximum Gasteiger partial charge on any atom is 0.0577 e. The first kappa shape index (κ1) is 10.7. The van der Waals surface area contributed by atoms with E-state index in [0.717, 1.165) is 19.3 Å². The summed E-state index contributed by atoms with van der Waals surface area (Å²) >= 11 is 0. The quantitative estimate of drug-likeness (QED) is 0.802. The molecule has 0 bridgehead atoms. The van der Waals surface area contributed by atoms with Gasteiger partial charge in [-0.05, 0) is 42.2 Å². The molecule has 1 aromatic rings. The molecule has 0 aliphatic heterocycles. The molecule has 1 aliphatic rings. The fraction of sp³-hybridized carbons (Fsp3) is 0.571. The van der Waals surface area contributed by atoms with Gasteiger partial charge in [-0.15, -0.1) is 0 Å². The van der Waals surface area contributed by atoms with E-state index >= 15 is 0 Å². The Bertz CT molecular complexity index is 305. The van der Waals surface area contributed by atoms with Crippen LogP contribution in [-0.4, -0.2) is 11.2 Å². The van der Waals surface area contributed by atoms with Crippen molar-refractivity contribution in [3.63, 3.8) is 0 Å². The average Bonchev–Trinajstić information content (AvgIpc) is 2.59. The molecule has 0 saturated carbocycles. The molecule has 0 heterocycles. The van der Waals surface area contributed by atoms with E-state index < -0.39 is 0 Å². The van der Waals surface area contributed by atoms with E-state index in [1.807, 2.05) is 0 Å². The van der Waals surface area contributed by atoms with E-state index in [2.05, 4.69) is 38.1 Å². The Labute approximate surface area is 92.1 Å². The molecule has 0 radical (unpaired) electrons. The second-order valence-corrected chi connectivity index (χ2v) is 5.13. The zero-order chi connectivity index (χ0) is 10.8. The third-order valence-corrected chi connectivity index (χ3v) is 3.34. The van der Waals surface area contributed by atoms with Gasteiger partial charge in [-0.1, -0.05) is 38.1 Å². The van der Waals surface area contributed by atoms with Gasteiger partial charge in [0.25, 0.3) is 0 Å². The lowest BCUT2D eigenvalue weighted by molar-refractivity contribution is 0.0909. The minimum absolute atomic E-state index is 0.127. The molecular formula is C14H20O.